The smallest absolute Gasteiger partial charge is 0.266 e. The molecule has 5 heteroatoms. The lowest BCUT2D eigenvalue weighted by molar-refractivity contribution is -0.147. The highest BCUT2D eigenvalue weighted by molar-refractivity contribution is 6.30. The van der Waals surface area contributed by atoms with Gasteiger partial charge >= 0.3 is 0 Å². The lowest BCUT2D eigenvalue weighted by Crippen LogP contribution is -2.51. The highest BCUT2D eigenvalue weighted by atomic mass is 35.5. The van der Waals surface area contributed by atoms with E-state index in [-0.39, 0.29) is 17.9 Å². The topological polar surface area (TPSA) is 49.8 Å². The zero-order chi connectivity index (χ0) is 16.3. The molecule has 1 N–H and O–H groups in total. The van der Waals surface area contributed by atoms with Crippen LogP contribution in [0.2, 0.25) is 5.02 Å². The van der Waals surface area contributed by atoms with Gasteiger partial charge in [0.1, 0.15) is 5.75 Å². The summed E-state index contributed by atoms with van der Waals surface area (Å²) in [6.45, 7) is 6.72. The number of aliphatic hydroxyl groups excluding tert-OH is 1. The van der Waals surface area contributed by atoms with Gasteiger partial charge in [0.05, 0.1) is 6.10 Å². The number of rotatable bonds is 4. The quantitative estimate of drug-likeness (QED) is 0.925. The maximum atomic E-state index is 12.7. The number of nitrogens with zero attached hydrogens (tertiary/aromatic N) is 1. The minimum atomic E-state index is -0.925. The van der Waals surface area contributed by atoms with Gasteiger partial charge in [-0.2, -0.15) is 0 Å². The van der Waals surface area contributed by atoms with Crippen molar-refractivity contribution in [2.24, 2.45) is 5.92 Å². The van der Waals surface area contributed by atoms with Crippen molar-refractivity contribution in [3.05, 3.63) is 29.3 Å². The van der Waals surface area contributed by atoms with Crippen LogP contribution in [0.3, 0.4) is 0 Å². The maximum Gasteiger partial charge on any atom is 0.266 e. The monoisotopic (exact) mass is 325 g/mol. The molecule has 2 rings (SSSR count). The third-order valence-electron chi connectivity index (χ3n) is 4.21. The van der Waals surface area contributed by atoms with E-state index in [4.69, 9.17) is 16.3 Å². The van der Waals surface area contributed by atoms with E-state index in [9.17, 15) is 9.90 Å². The molecule has 1 aromatic carbocycles. The van der Waals surface area contributed by atoms with Crippen LogP contribution >= 0.6 is 11.6 Å². The molecule has 1 fully saturated rings. The number of hydrogen-bond donors (Lipinski definition) is 1. The summed E-state index contributed by atoms with van der Waals surface area (Å²) in [6, 6.07) is 7.01. The summed E-state index contributed by atoms with van der Waals surface area (Å²) in [6.07, 6.45) is 1.36. The van der Waals surface area contributed by atoms with Gasteiger partial charge in [-0.15, -0.1) is 0 Å². The Morgan fingerprint density at radius 1 is 1.32 bits per heavy atom. The van der Waals surface area contributed by atoms with Crippen molar-refractivity contribution < 1.29 is 14.6 Å². The van der Waals surface area contributed by atoms with E-state index in [1.165, 1.54) is 0 Å². The summed E-state index contributed by atoms with van der Waals surface area (Å²) in [5.74, 6) is 0.887. The van der Waals surface area contributed by atoms with Crippen LogP contribution in [-0.4, -0.2) is 40.7 Å². The fraction of sp³-hybridized carbons (Fsp3) is 0.588. The first-order chi connectivity index (χ1) is 10.3. The van der Waals surface area contributed by atoms with Crippen LogP contribution in [0.25, 0.3) is 0 Å². The zero-order valence-corrected chi connectivity index (χ0v) is 14.1. The van der Waals surface area contributed by atoms with E-state index >= 15 is 0 Å². The minimum absolute atomic E-state index is 0.0218. The van der Waals surface area contributed by atoms with E-state index in [2.05, 4.69) is 0 Å². The number of hydrogen-bond acceptors (Lipinski definition) is 3. The average molecular weight is 326 g/mol. The molecule has 1 aliphatic rings. The predicted octanol–water partition coefficient (Wildman–Crippen LogP) is 3.12. The molecular formula is C17H24ClNO3. The number of piperidine rings is 1. The standard InChI is InChI=1S/C17H24ClNO3/c1-12(20)13-8-10-19(11-9-13)16(21)17(2,3)22-15-6-4-14(18)5-7-15/h4-7,12-13,20H,8-11H2,1-3H3. The first-order valence-corrected chi connectivity index (χ1v) is 8.09. The average Bonchev–Trinajstić information content (AvgIpc) is 2.48. The third-order valence-corrected chi connectivity index (χ3v) is 4.46. The molecule has 1 heterocycles. The Morgan fingerprint density at radius 3 is 2.36 bits per heavy atom. The van der Waals surface area contributed by atoms with Crippen LogP contribution in [0.15, 0.2) is 24.3 Å². The number of amides is 1. The first kappa shape index (κ1) is 17.1. The van der Waals surface area contributed by atoms with Crippen molar-refractivity contribution in [2.45, 2.75) is 45.3 Å². The molecule has 1 amide bonds. The summed E-state index contributed by atoms with van der Waals surface area (Å²) < 4.78 is 5.85. The van der Waals surface area contributed by atoms with E-state index in [0.29, 0.717) is 23.9 Å². The Morgan fingerprint density at radius 2 is 1.86 bits per heavy atom. The molecule has 0 aromatic heterocycles. The summed E-state index contributed by atoms with van der Waals surface area (Å²) >= 11 is 5.86. The number of likely N-dealkylation sites (tertiary alicyclic amines) is 1. The minimum Gasteiger partial charge on any atom is -0.478 e. The van der Waals surface area contributed by atoms with E-state index in [1.807, 2.05) is 11.8 Å². The van der Waals surface area contributed by atoms with Gasteiger partial charge in [0.2, 0.25) is 0 Å². The number of aliphatic hydroxyl groups is 1. The van der Waals surface area contributed by atoms with E-state index < -0.39 is 5.60 Å². The van der Waals surface area contributed by atoms with Gasteiger partial charge in [-0.25, -0.2) is 0 Å². The van der Waals surface area contributed by atoms with Gasteiger partial charge in [0, 0.05) is 18.1 Å². The van der Waals surface area contributed by atoms with Crippen LogP contribution in [0.1, 0.15) is 33.6 Å². The molecule has 0 aliphatic carbocycles. The molecule has 22 heavy (non-hydrogen) atoms. The van der Waals surface area contributed by atoms with E-state index in [1.54, 1.807) is 38.1 Å². The molecule has 1 aromatic rings. The van der Waals surface area contributed by atoms with Crippen LogP contribution in [0.4, 0.5) is 0 Å². The van der Waals surface area contributed by atoms with Crippen LogP contribution in [0.5, 0.6) is 5.75 Å². The van der Waals surface area contributed by atoms with Crippen molar-refractivity contribution in [3.8, 4) is 5.75 Å². The largest absolute Gasteiger partial charge is 0.478 e. The Labute approximate surface area is 137 Å². The van der Waals surface area contributed by atoms with Crippen molar-refractivity contribution in [1.82, 2.24) is 4.90 Å². The van der Waals surface area contributed by atoms with Crippen molar-refractivity contribution in [3.63, 3.8) is 0 Å². The molecule has 4 nitrogen and oxygen atoms in total. The van der Waals surface area contributed by atoms with Crippen LogP contribution in [0, 0.1) is 5.92 Å². The summed E-state index contributed by atoms with van der Waals surface area (Å²) in [4.78, 5) is 14.5. The highest BCUT2D eigenvalue weighted by Gasteiger charge is 2.36. The fourth-order valence-electron chi connectivity index (χ4n) is 2.81. The molecule has 0 saturated carbocycles. The van der Waals surface area contributed by atoms with Gasteiger partial charge < -0.3 is 14.7 Å². The van der Waals surface area contributed by atoms with Gasteiger partial charge in [0.25, 0.3) is 5.91 Å². The lowest BCUT2D eigenvalue weighted by Gasteiger charge is -2.37. The molecule has 1 saturated heterocycles. The van der Waals surface area contributed by atoms with Crippen LogP contribution in [-0.2, 0) is 4.79 Å². The van der Waals surface area contributed by atoms with Crippen molar-refractivity contribution in [2.75, 3.05) is 13.1 Å². The molecule has 1 aliphatic heterocycles. The predicted molar refractivity (Wildman–Crippen MR) is 87.1 cm³/mol. The lowest BCUT2D eigenvalue weighted by atomic mass is 9.91. The van der Waals surface area contributed by atoms with E-state index in [0.717, 1.165) is 12.8 Å². The number of ether oxygens (including phenoxy) is 1. The molecule has 0 radical (unpaired) electrons. The third kappa shape index (κ3) is 4.14. The zero-order valence-electron chi connectivity index (χ0n) is 13.4. The second-order valence-electron chi connectivity index (χ2n) is 6.44. The Hall–Kier alpha value is -1.26. The second-order valence-corrected chi connectivity index (χ2v) is 6.87. The number of halogens is 1. The second kappa shape index (κ2) is 6.88. The van der Waals surface area contributed by atoms with Gasteiger partial charge in [-0.1, -0.05) is 11.6 Å². The number of carbonyl (C=O) groups is 1. The molecule has 0 bridgehead atoms. The Balaban J connectivity index is 1.97. The highest BCUT2D eigenvalue weighted by Crippen LogP contribution is 2.26. The molecule has 0 spiro atoms. The molecule has 1 atom stereocenters. The Bertz CT molecular complexity index is 505. The van der Waals surface area contributed by atoms with Gasteiger partial charge in [-0.3, -0.25) is 4.79 Å². The maximum absolute atomic E-state index is 12.7. The summed E-state index contributed by atoms with van der Waals surface area (Å²) in [5, 5.41) is 10.3. The normalized spacial score (nSPS) is 18.1. The van der Waals surface area contributed by atoms with Gasteiger partial charge in [-0.05, 0) is 63.8 Å². The molecule has 1 unspecified atom stereocenters. The summed E-state index contributed by atoms with van der Waals surface area (Å²) in [5.41, 5.74) is -0.925. The van der Waals surface area contributed by atoms with Gasteiger partial charge in [0.15, 0.2) is 5.60 Å². The molecule has 122 valence electrons. The SMILES string of the molecule is CC(O)C1CCN(C(=O)C(C)(C)Oc2ccc(Cl)cc2)CC1. The fourth-order valence-corrected chi connectivity index (χ4v) is 2.93. The number of carbonyl (C=O) groups excluding carboxylic acids is 1. The summed E-state index contributed by atoms with van der Waals surface area (Å²) in [7, 11) is 0. The number of benzene rings is 1. The van der Waals surface area contributed by atoms with Crippen molar-refractivity contribution >= 4 is 17.5 Å². The van der Waals surface area contributed by atoms with Crippen LogP contribution < -0.4 is 4.74 Å². The van der Waals surface area contributed by atoms with Crippen molar-refractivity contribution in [1.29, 1.82) is 0 Å². The Kier molecular flexibility index (Phi) is 5.35. The first-order valence-electron chi connectivity index (χ1n) is 7.71. The molecular weight excluding hydrogens is 302 g/mol.